The molecule has 22 heavy (non-hydrogen) atoms. The molecule has 1 fully saturated rings. The van der Waals surface area contributed by atoms with Crippen molar-refractivity contribution in [2.75, 3.05) is 0 Å². The van der Waals surface area contributed by atoms with E-state index in [4.69, 9.17) is 4.52 Å². The van der Waals surface area contributed by atoms with E-state index in [1.165, 1.54) is 13.3 Å². The van der Waals surface area contributed by atoms with E-state index in [-0.39, 0.29) is 11.8 Å². The first-order valence-electron chi connectivity index (χ1n) is 7.73. The Morgan fingerprint density at radius 3 is 2.73 bits per heavy atom. The second-order valence-electron chi connectivity index (χ2n) is 6.26. The molecule has 1 N–H and O–H groups in total. The number of hydrogen-bond acceptors (Lipinski definition) is 5. The highest BCUT2D eigenvalue weighted by Gasteiger charge is 2.32. The molecule has 0 aliphatic heterocycles. The van der Waals surface area contributed by atoms with Crippen molar-refractivity contribution in [3.63, 3.8) is 0 Å². The SMILES string of the molecule is Cc1cc(CS(=O)(=O)[C@H](C)C(=O)N[C@@H]2CCCC[C@H]2C)no1. The van der Waals surface area contributed by atoms with E-state index in [1.807, 2.05) is 0 Å². The van der Waals surface area contributed by atoms with Crippen LogP contribution in [-0.2, 0) is 20.4 Å². The lowest BCUT2D eigenvalue weighted by atomic mass is 9.86. The molecule has 1 aromatic heterocycles. The summed E-state index contributed by atoms with van der Waals surface area (Å²) in [4.78, 5) is 12.3. The van der Waals surface area contributed by atoms with E-state index in [9.17, 15) is 13.2 Å². The molecule has 0 spiro atoms. The normalized spacial score (nSPS) is 24.0. The van der Waals surface area contributed by atoms with Gasteiger partial charge in [0.05, 0.1) is 11.4 Å². The highest BCUT2D eigenvalue weighted by molar-refractivity contribution is 7.92. The molecular weight excluding hydrogens is 304 g/mol. The van der Waals surface area contributed by atoms with Gasteiger partial charge in [0, 0.05) is 12.1 Å². The van der Waals surface area contributed by atoms with Crippen molar-refractivity contribution in [3.05, 3.63) is 17.5 Å². The Bertz CT molecular complexity index is 623. The maximum absolute atomic E-state index is 12.3. The Morgan fingerprint density at radius 1 is 1.45 bits per heavy atom. The number of carbonyl (C=O) groups excluding carboxylic acids is 1. The number of nitrogens with one attached hydrogen (secondary N) is 1. The summed E-state index contributed by atoms with van der Waals surface area (Å²) in [6, 6.07) is 1.65. The number of rotatable bonds is 5. The second kappa shape index (κ2) is 6.81. The minimum absolute atomic E-state index is 0.0770. The van der Waals surface area contributed by atoms with Gasteiger partial charge < -0.3 is 9.84 Å². The lowest BCUT2D eigenvalue weighted by Crippen LogP contribution is -2.47. The highest BCUT2D eigenvalue weighted by atomic mass is 32.2. The molecule has 1 aliphatic carbocycles. The molecule has 124 valence electrons. The van der Waals surface area contributed by atoms with Gasteiger partial charge in [0.1, 0.15) is 11.0 Å². The lowest BCUT2D eigenvalue weighted by Gasteiger charge is -2.30. The van der Waals surface area contributed by atoms with E-state index >= 15 is 0 Å². The van der Waals surface area contributed by atoms with Gasteiger partial charge >= 0.3 is 0 Å². The zero-order valence-corrected chi connectivity index (χ0v) is 14.1. The Labute approximate surface area is 131 Å². The molecular formula is C15H24N2O4S. The first-order chi connectivity index (χ1) is 10.3. The van der Waals surface area contributed by atoms with Gasteiger partial charge in [-0.3, -0.25) is 4.79 Å². The Morgan fingerprint density at radius 2 is 2.14 bits per heavy atom. The average molecular weight is 328 g/mol. The summed E-state index contributed by atoms with van der Waals surface area (Å²) in [5.74, 6) is 0.252. The minimum atomic E-state index is -3.60. The van der Waals surface area contributed by atoms with Crippen LogP contribution in [0.2, 0.25) is 0 Å². The monoisotopic (exact) mass is 328 g/mol. The number of nitrogens with zero attached hydrogens (tertiary/aromatic N) is 1. The summed E-state index contributed by atoms with van der Waals surface area (Å²) in [6.45, 7) is 5.23. The number of aryl methyl sites for hydroxylation is 1. The molecule has 0 bridgehead atoms. The van der Waals surface area contributed by atoms with Crippen LogP contribution < -0.4 is 5.32 Å². The van der Waals surface area contributed by atoms with Crippen molar-refractivity contribution in [1.82, 2.24) is 10.5 Å². The van der Waals surface area contributed by atoms with Gasteiger partial charge in [-0.2, -0.15) is 0 Å². The predicted octanol–water partition coefficient (Wildman–Crippen LogP) is 1.98. The lowest BCUT2D eigenvalue weighted by molar-refractivity contribution is -0.121. The van der Waals surface area contributed by atoms with Crippen LogP contribution in [0.1, 0.15) is 51.0 Å². The van der Waals surface area contributed by atoms with Crippen LogP contribution in [0.3, 0.4) is 0 Å². The van der Waals surface area contributed by atoms with Crippen LogP contribution in [-0.4, -0.2) is 30.8 Å². The van der Waals surface area contributed by atoms with Crippen molar-refractivity contribution in [2.24, 2.45) is 5.92 Å². The quantitative estimate of drug-likeness (QED) is 0.892. The van der Waals surface area contributed by atoms with Crippen molar-refractivity contribution in [2.45, 2.75) is 63.5 Å². The Hall–Kier alpha value is -1.37. The summed E-state index contributed by atoms with van der Waals surface area (Å²) in [6.07, 6.45) is 4.24. The fourth-order valence-corrected chi connectivity index (χ4v) is 4.00. The van der Waals surface area contributed by atoms with Crippen molar-refractivity contribution in [3.8, 4) is 0 Å². The third kappa shape index (κ3) is 4.09. The van der Waals surface area contributed by atoms with Crippen molar-refractivity contribution in [1.29, 1.82) is 0 Å². The van der Waals surface area contributed by atoms with E-state index < -0.39 is 21.0 Å². The fraction of sp³-hybridized carbons (Fsp3) is 0.733. The van der Waals surface area contributed by atoms with Crippen molar-refractivity contribution >= 4 is 15.7 Å². The number of hydrogen-bond donors (Lipinski definition) is 1. The van der Waals surface area contributed by atoms with Crippen molar-refractivity contribution < 1.29 is 17.7 Å². The Kier molecular flexibility index (Phi) is 5.26. The highest BCUT2D eigenvalue weighted by Crippen LogP contribution is 2.24. The largest absolute Gasteiger partial charge is 0.361 e. The van der Waals surface area contributed by atoms with Gasteiger partial charge in [0.25, 0.3) is 0 Å². The van der Waals surface area contributed by atoms with Gasteiger partial charge in [0.15, 0.2) is 9.84 Å². The molecule has 0 aromatic carbocycles. The molecule has 1 aliphatic rings. The summed E-state index contributed by atoms with van der Waals surface area (Å²) in [5, 5.41) is 5.50. The number of aromatic nitrogens is 1. The molecule has 0 saturated heterocycles. The molecule has 3 atom stereocenters. The topological polar surface area (TPSA) is 89.3 Å². The third-order valence-corrected chi connectivity index (χ3v) is 6.36. The summed E-state index contributed by atoms with van der Waals surface area (Å²) >= 11 is 0. The van der Waals surface area contributed by atoms with Crippen LogP contribution in [0.15, 0.2) is 10.6 Å². The van der Waals surface area contributed by atoms with Gasteiger partial charge in [-0.1, -0.05) is 24.9 Å². The molecule has 1 saturated carbocycles. The minimum Gasteiger partial charge on any atom is -0.361 e. The molecule has 0 radical (unpaired) electrons. The molecule has 6 nitrogen and oxygen atoms in total. The van der Waals surface area contributed by atoms with Crippen LogP contribution in [0, 0.1) is 12.8 Å². The number of amides is 1. The van der Waals surface area contributed by atoms with Gasteiger partial charge in [-0.05, 0) is 32.6 Å². The second-order valence-corrected chi connectivity index (χ2v) is 8.58. The molecule has 1 amide bonds. The molecule has 1 aromatic rings. The predicted molar refractivity (Wildman–Crippen MR) is 82.9 cm³/mol. The maximum atomic E-state index is 12.3. The van der Waals surface area contributed by atoms with Crippen LogP contribution >= 0.6 is 0 Å². The smallest absolute Gasteiger partial charge is 0.238 e. The summed E-state index contributed by atoms with van der Waals surface area (Å²) < 4.78 is 29.5. The maximum Gasteiger partial charge on any atom is 0.238 e. The first-order valence-corrected chi connectivity index (χ1v) is 9.45. The van der Waals surface area contributed by atoms with E-state index in [0.717, 1.165) is 19.3 Å². The van der Waals surface area contributed by atoms with Gasteiger partial charge in [0.2, 0.25) is 5.91 Å². The number of sulfone groups is 1. The molecule has 0 unspecified atom stereocenters. The van der Waals surface area contributed by atoms with Gasteiger partial charge in [-0.15, -0.1) is 0 Å². The zero-order chi connectivity index (χ0) is 16.3. The summed E-state index contributed by atoms with van der Waals surface area (Å²) in [7, 11) is -3.60. The van der Waals surface area contributed by atoms with Crippen LogP contribution in [0.5, 0.6) is 0 Å². The third-order valence-electron chi connectivity index (χ3n) is 4.37. The Balaban J connectivity index is 1.99. The molecule has 7 heteroatoms. The van der Waals surface area contributed by atoms with E-state index in [0.29, 0.717) is 17.4 Å². The number of carbonyl (C=O) groups is 1. The van der Waals surface area contributed by atoms with Crippen LogP contribution in [0.4, 0.5) is 0 Å². The van der Waals surface area contributed by atoms with Crippen LogP contribution in [0.25, 0.3) is 0 Å². The fourth-order valence-electron chi connectivity index (χ4n) is 2.81. The summed E-state index contributed by atoms with van der Waals surface area (Å²) in [5.41, 5.74) is 0.336. The standard InChI is InChI=1S/C15H24N2O4S/c1-10-6-4-5-7-14(10)16-15(18)12(3)22(19,20)9-13-8-11(2)21-17-13/h8,10,12,14H,4-7,9H2,1-3H3,(H,16,18)/t10-,12-,14-/m1/s1. The average Bonchev–Trinajstić information content (AvgIpc) is 2.85. The molecule has 1 heterocycles. The zero-order valence-electron chi connectivity index (χ0n) is 13.3. The van der Waals surface area contributed by atoms with Gasteiger partial charge in [-0.25, -0.2) is 8.42 Å². The first kappa shape index (κ1) is 17.0. The van der Waals surface area contributed by atoms with E-state index in [2.05, 4.69) is 17.4 Å². The van der Waals surface area contributed by atoms with E-state index in [1.54, 1.807) is 13.0 Å². The molecule has 2 rings (SSSR count).